The van der Waals surface area contributed by atoms with Gasteiger partial charge in [-0.25, -0.2) is 4.39 Å². The number of nitrogens with zero attached hydrogens (tertiary/aromatic N) is 1. The van der Waals surface area contributed by atoms with Gasteiger partial charge in [-0.1, -0.05) is 48.5 Å². The molecule has 3 aromatic carbocycles. The van der Waals surface area contributed by atoms with Gasteiger partial charge in [0.1, 0.15) is 5.82 Å². The minimum absolute atomic E-state index is 0.0438. The summed E-state index contributed by atoms with van der Waals surface area (Å²) in [5.41, 5.74) is 1.82. The lowest BCUT2D eigenvalue weighted by Crippen LogP contribution is -2.37. The monoisotopic (exact) mass is 508 g/mol. The van der Waals surface area contributed by atoms with Gasteiger partial charge in [0.25, 0.3) is 11.8 Å². The molecule has 1 fully saturated rings. The van der Waals surface area contributed by atoms with Gasteiger partial charge in [-0.3, -0.25) is 9.59 Å². The minimum atomic E-state index is -0.475. The maximum absolute atomic E-state index is 14.7. The summed E-state index contributed by atoms with van der Waals surface area (Å²) >= 11 is 7.78. The first-order chi connectivity index (χ1) is 16.9. The van der Waals surface area contributed by atoms with Crippen LogP contribution in [0, 0.1) is 11.7 Å². The third-order valence-electron chi connectivity index (χ3n) is 6.82. The lowest BCUT2D eigenvalue weighted by atomic mass is 9.87. The van der Waals surface area contributed by atoms with Crippen LogP contribution in [0.5, 0.6) is 0 Å². The van der Waals surface area contributed by atoms with E-state index < -0.39 is 5.82 Å². The lowest BCUT2D eigenvalue weighted by Gasteiger charge is -2.27. The molecule has 1 saturated carbocycles. The number of nitrogens with one attached hydrogen (secondary N) is 1. The van der Waals surface area contributed by atoms with Gasteiger partial charge < -0.3 is 10.2 Å². The van der Waals surface area contributed by atoms with E-state index in [2.05, 4.69) is 12.2 Å². The summed E-state index contributed by atoms with van der Waals surface area (Å²) in [4.78, 5) is 30.0. The smallest absolute Gasteiger partial charge is 0.259 e. The molecule has 4 nitrogen and oxygen atoms in total. The number of fused-ring (bicyclic) bond motifs is 2. The fraction of sp³-hybridized carbons (Fsp3) is 0.286. The highest BCUT2D eigenvalue weighted by Gasteiger charge is 2.30. The summed E-state index contributed by atoms with van der Waals surface area (Å²) in [6.45, 7) is 2.20. The molecule has 1 heterocycles. The fourth-order valence-electron chi connectivity index (χ4n) is 4.73. The molecular weight excluding hydrogens is 483 g/mol. The Bertz CT molecular complexity index is 1270. The number of halogens is 2. The van der Waals surface area contributed by atoms with Crippen molar-refractivity contribution in [1.29, 1.82) is 0 Å². The van der Waals surface area contributed by atoms with Crippen LogP contribution in [0.4, 0.5) is 10.1 Å². The molecule has 5 rings (SSSR count). The SMILES string of the molecule is CC1CCC(NC(=O)c2ccc3c(c2)N(Cc2c(F)cccc2Cl)C(=O)c2ccccc2S3)CC1. The van der Waals surface area contributed by atoms with Crippen molar-refractivity contribution in [3.63, 3.8) is 0 Å². The van der Waals surface area contributed by atoms with E-state index in [1.54, 1.807) is 30.3 Å². The van der Waals surface area contributed by atoms with Crippen molar-refractivity contribution in [3.05, 3.63) is 88.2 Å². The minimum Gasteiger partial charge on any atom is -0.349 e. The Labute approximate surface area is 213 Å². The molecule has 0 radical (unpaired) electrons. The number of benzene rings is 3. The molecule has 180 valence electrons. The van der Waals surface area contributed by atoms with Crippen LogP contribution < -0.4 is 10.2 Å². The Morgan fingerprint density at radius 3 is 2.60 bits per heavy atom. The van der Waals surface area contributed by atoms with Crippen LogP contribution in [0.1, 0.15) is 58.9 Å². The molecule has 7 heteroatoms. The molecule has 35 heavy (non-hydrogen) atoms. The van der Waals surface area contributed by atoms with Crippen molar-refractivity contribution < 1.29 is 14.0 Å². The van der Waals surface area contributed by atoms with E-state index in [0.717, 1.165) is 35.5 Å². The van der Waals surface area contributed by atoms with Crippen molar-refractivity contribution in [2.45, 2.75) is 55.0 Å². The second kappa shape index (κ2) is 10.0. The number of hydrogen-bond donors (Lipinski definition) is 1. The Morgan fingerprint density at radius 1 is 1.06 bits per heavy atom. The molecule has 0 bridgehead atoms. The van der Waals surface area contributed by atoms with Gasteiger partial charge in [0.2, 0.25) is 0 Å². The highest BCUT2D eigenvalue weighted by molar-refractivity contribution is 7.99. The topological polar surface area (TPSA) is 49.4 Å². The third kappa shape index (κ3) is 4.95. The van der Waals surface area contributed by atoms with Crippen molar-refractivity contribution >= 4 is 40.9 Å². The molecule has 2 amide bonds. The van der Waals surface area contributed by atoms with Gasteiger partial charge in [0.05, 0.1) is 17.8 Å². The standard InChI is InChI=1S/C28H26ClFN2O2S/c1-17-9-12-19(13-10-17)31-27(33)18-11-14-26-24(15-18)32(16-21-22(29)6-4-7-23(21)30)28(34)20-5-2-3-8-25(20)35-26/h2-8,11,14-15,17,19H,9-10,12-13,16H2,1H3,(H,31,33). The van der Waals surface area contributed by atoms with E-state index in [1.807, 2.05) is 24.3 Å². The first kappa shape index (κ1) is 23.9. The van der Waals surface area contributed by atoms with E-state index >= 15 is 0 Å². The van der Waals surface area contributed by atoms with Gasteiger partial charge in [-0.2, -0.15) is 0 Å². The van der Waals surface area contributed by atoms with Crippen LogP contribution in [0.3, 0.4) is 0 Å². The fourth-order valence-corrected chi connectivity index (χ4v) is 6.01. The maximum atomic E-state index is 14.7. The first-order valence-corrected chi connectivity index (χ1v) is 13.1. The summed E-state index contributed by atoms with van der Waals surface area (Å²) in [5, 5.41) is 3.41. The Hall–Kier alpha value is -2.83. The van der Waals surface area contributed by atoms with Crippen LogP contribution in [0.25, 0.3) is 0 Å². The van der Waals surface area contributed by atoms with E-state index in [9.17, 15) is 14.0 Å². The van der Waals surface area contributed by atoms with E-state index in [1.165, 1.54) is 22.7 Å². The number of rotatable bonds is 4. The van der Waals surface area contributed by atoms with Gasteiger partial charge in [0, 0.05) is 32.0 Å². The largest absolute Gasteiger partial charge is 0.349 e. The molecular formula is C28H26ClFN2O2S. The van der Waals surface area contributed by atoms with Crippen LogP contribution in [0.15, 0.2) is 70.5 Å². The zero-order chi connectivity index (χ0) is 24.5. The molecule has 0 saturated heterocycles. The second-order valence-corrected chi connectivity index (χ2v) is 10.8. The molecule has 1 aliphatic carbocycles. The average molecular weight is 509 g/mol. The molecule has 0 aromatic heterocycles. The summed E-state index contributed by atoms with van der Waals surface area (Å²) in [6, 6.07) is 17.4. The van der Waals surface area contributed by atoms with Gasteiger partial charge >= 0.3 is 0 Å². The zero-order valence-electron chi connectivity index (χ0n) is 19.4. The third-order valence-corrected chi connectivity index (χ3v) is 8.32. The van der Waals surface area contributed by atoms with Crippen molar-refractivity contribution in [3.8, 4) is 0 Å². The average Bonchev–Trinajstić information content (AvgIpc) is 2.96. The van der Waals surface area contributed by atoms with E-state index in [0.29, 0.717) is 22.7 Å². The van der Waals surface area contributed by atoms with Gasteiger partial charge in [0.15, 0.2) is 0 Å². The number of amides is 2. The van der Waals surface area contributed by atoms with Crippen LogP contribution >= 0.6 is 23.4 Å². The number of carbonyl (C=O) groups is 2. The Morgan fingerprint density at radius 2 is 1.83 bits per heavy atom. The van der Waals surface area contributed by atoms with Crippen molar-refractivity contribution in [2.24, 2.45) is 5.92 Å². The summed E-state index contributed by atoms with van der Waals surface area (Å²) < 4.78 is 14.7. The normalized spacial score (nSPS) is 19.5. The second-order valence-electron chi connectivity index (χ2n) is 9.30. The number of anilines is 1. The molecule has 3 aromatic rings. The zero-order valence-corrected chi connectivity index (χ0v) is 21.0. The summed E-state index contributed by atoms with van der Waals surface area (Å²) in [7, 11) is 0. The van der Waals surface area contributed by atoms with E-state index in [-0.39, 0.29) is 35.0 Å². The van der Waals surface area contributed by atoms with E-state index in [4.69, 9.17) is 11.6 Å². The quantitative estimate of drug-likeness (QED) is 0.409. The summed E-state index contributed by atoms with van der Waals surface area (Å²) in [5.74, 6) is -0.197. The highest BCUT2D eigenvalue weighted by atomic mass is 35.5. The predicted molar refractivity (Wildman–Crippen MR) is 138 cm³/mol. The first-order valence-electron chi connectivity index (χ1n) is 11.9. The molecule has 1 N–H and O–H groups in total. The van der Waals surface area contributed by atoms with Crippen LogP contribution in [-0.4, -0.2) is 17.9 Å². The molecule has 0 spiro atoms. The summed E-state index contributed by atoms with van der Waals surface area (Å²) in [6.07, 6.45) is 4.16. The highest BCUT2D eigenvalue weighted by Crippen LogP contribution is 2.42. The Balaban J connectivity index is 1.52. The predicted octanol–water partition coefficient (Wildman–Crippen LogP) is 7.10. The Kier molecular flexibility index (Phi) is 6.85. The molecule has 2 aliphatic rings. The lowest BCUT2D eigenvalue weighted by molar-refractivity contribution is 0.0921. The molecule has 0 unspecified atom stereocenters. The van der Waals surface area contributed by atoms with Crippen LogP contribution in [-0.2, 0) is 6.54 Å². The van der Waals surface area contributed by atoms with Crippen molar-refractivity contribution in [2.75, 3.05) is 4.90 Å². The number of hydrogen-bond acceptors (Lipinski definition) is 3. The van der Waals surface area contributed by atoms with Gasteiger partial charge in [-0.15, -0.1) is 0 Å². The molecule has 0 atom stereocenters. The molecule has 1 aliphatic heterocycles. The maximum Gasteiger partial charge on any atom is 0.259 e. The van der Waals surface area contributed by atoms with Crippen LogP contribution in [0.2, 0.25) is 5.02 Å². The van der Waals surface area contributed by atoms with Crippen molar-refractivity contribution in [1.82, 2.24) is 5.32 Å². The van der Waals surface area contributed by atoms with Gasteiger partial charge in [-0.05, 0) is 74.1 Å². The number of carbonyl (C=O) groups excluding carboxylic acids is 2.